The van der Waals surface area contributed by atoms with E-state index in [0.29, 0.717) is 54.6 Å². The lowest BCUT2D eigenvalue weighted by Gasteiger charge is -2.30. The van der Waals surface area contributed by atoms with Gasteiger partial charge in [0.2, 0.25) is 0 Å². The molecule has 1 fully saturated rings. The van der Waals surface area contributed by atoms with Crippen LogP contribution >= 0.6 is 15.9 Å². The van der Waals surface area contributed by atoms with Gasteiger partial charge in [0, 0.05) is 47.7 Å². The molecular formula is C27H28BrF2N5O. The summed E-state index contributed by atoms with van der Waals surface area (Å²) >= 11 is 3.49. The van der Waals surface area contributed by atoms with Crippen molar-refractivity contribution in [2.45, 2.75) is 27.2 Å². The summed E-state index contributed by atoms with van der Waals surface area (Å²) < 4.78 is 35.4. The maximum absolute atomic E-state index is 15.1. The average Bonchev–Trinajstić information content (AvgIpc) is 2.87. The fourth-order valence-electron chi connectivity index (χ4n) is 4.00. The summed E-state index contributed by atoms with van der Waals surface area (Å²) in [4.78, 5) is 15.7. The normalized spacial score (nSPS) is 13.3. The molecule has 0 radical (unpaired) electrons. The van der Waals surface area contributed by atoms with Gasteiger partial charge in [-0.05, 0) is 41.1 Å². The number of pyridine rings is 3. The zero-order valence-corrected chi connectivity index (χ0v) is 22.1. The van der Waals surface area contributed by atoms with E-state index in [-0.39, 0.29) is 10.9 Å². The lowest BCUT2D eigenvalue weighted by molar-refractivity contribution is 0.122. The maximum atomic E-state index is 15.1. The predicted octanol–water partition coefficient (Wildman–Crippen LogP) is 7.04. The van der Waals surface area contributed by atoms with Gasteiger partial charge in [-0.1, -0.05) is 26.3 Å². The second kappa shape index (κ2) is 11.7. The van der Waals surface area contributed by atoms with E-state index in [1.165, 1.54) is 12.5 Å². The summed E-state index contributed by atoms with van der Waals surface area (Å²) in [5.41, 5.74) is 3.25. The number of halogens is 3. The van der Waals surface area contributed by atoms with Gasteiger partial charge in [-0.3, -0.25) is 4.98 Å². The van der Waals surface area contributed by atoms with Crippen molar-refractivity contribution in [1.82, 2.24) is 15.0 Å². The van der Waals surface area contributed by atoms with E-state index in [2.05, 4.69) is 54.9 Å². The van der Waals surface area contributed by atoms with Crippen LogP contribution in [0, 0.1) is 18.6 Å². The Morgan fingerprint density at radius 1 is 1.08 bits per heavy atom. The second-order valence-corrected chi connectivity index (χ2v) is 9.33. The third-order valence-corrected chi connectivity index (χ3v) is 5.99. The summed E-state index contributed by atoms with van der Waals surface area (Å²) in [6.07, 6.45) is 4.64. The first kappa shape index (κ1) is 25.9. The number of nitrogens with zero attached hydrogens (tertiary/aromatic N) is 4. The summed E-state index contributed by atoms with van der Waals surface area (Å²) in [5.74, 6) is -0.647. The molecule has 0 aliphatic carbocycles. The van der Waals surface area contributed by atoms with Gasteiger partial charge >= 0.3 is 0 Å². The fourth-order valence-corrected chi connectivity index (χ4v) is 4.33. The number of aromatic nitrogens is 3. The Morgan fingerprint density at radius 3 is 2.53 bits per heavy atom. The van der Waals surface area contributed by atoms with Gasteiger partial charge in [-0.15, -0.1) is 0 Å². The van der Waals surface area contributed by atoms with Crippen LogP contribution < -0.4 is 10.2 Å². The largest absolute Gasteiger partial charge is 0.378 e. The Labute approximate surface area is 217 Å². The zero-order chi connectivity index (χ0) is 25.7. The smallest absolute Gasteiger partial charge is 0.152 e. The van der Waals surface area contributed by atoms with Crippen molar-refractivity contribution in [3.05, 3.63) is 70.5 Å². The highest BCUT2D eigenvalue weighted by Crippen LogP contribution is 2.38. The van der Waals surface area contributed by atoms with E-state index < -0.39 is 11.6 Å². The predicted molar refractivity (Wildman–Crippen MR) is 144 cm³/mol. The zero-order valence-electron chi connectivity index (χ0n) is 20.5. The molecule has 9 heteroatoms. The van der Waals surface area contributed by atoms with E-state index in [0.717, 1.165) is 16.4 Å². The molecule has 1 N–H and O–H groups in total. The lowest BCUT2D eigenvalue weighted by atomic mass is 10.0. The van der Waals surface area contributed by atoms with Gasteiger partial charge in [0.25, 0.3) is 0 Å². The highest BCUT2D eigenvalue weighted by molar-refractivity contribution is 9.10. The molecule has 0 bridgehead atoms. The average molecular weight is 556 g/mol. The van der Waals surface area contributed by atoms with Crippen LogP contribution in [0.15, 0.2) is 53.3 Å². The number of fused-ring (bicyclic) bond motifs is 1. The molecule has 0 atom stereocenters. The monoisotopic (exact) mass is 555 g/mol. The van der Waals surface area contributed by atoms with Crippen LogP contribution in [-0.2, 0) is 4.74 Å². The highest BCUT2D eigenvalue weighted by atomic mass is 79.9. The number of hydrogen-bond donors (Lipinski definition) is 1. The first-order chi connectivity index (χ1) is 17.4. The Balaban J connectivity index is 0.000000967. The van der Waals surface area contributed by atoms with Crippen LogP contribution in [0.5, 0.6) is 0 Å². The van der Waals surface area contributed by atoms with Gasteiger partial charge < -0.3 is 15.0 Å². The molecule has 5 rings (SSSR count). The minimum atomic E-state index is -0.688. The third-order valence-electron chi connectivity index (χ3n) is 5.56. The van der Waals surface area contributed by atoms with Gasteiger partial charge in [0.05, 0.1) is 46.9 Å². The molecule has 1 aliphatic rings. The number of rotatable bonds is 4. The highest BCUT2D eigenvalue weighted by Gasteiger charge is 2.22. The molecule has 3 aromatic heterocycles. The lowest BCUT2D eigenvalue weighted by Crippen LogP contribution is -2.37. The van der Waals surface area contributed by atoms with Crippen molar-refractivity contribution in [3.63, 3.8) is 0 Å². The van der Waals surface area contributed by atoms with Crippen molar-refractivity contribution >= 4 is 44.0 Å². The van der Waals surface area contributed by atoms with Gasteiger partial charge in [0.15, 0.2) is 5.82 Å². The molecule has 36 heavy (non-hydrogen) atoms. The molecule has 188 valence electrons. The van der Waals surface area contributed by atoms with Crippen LogP contribution in [0.3, 0.4) is 0 Å². The van der Waals surface area contributed by atoms with Crippen molar-refractivity contribution in [1.29, 1.82) is 0 Å². The Bertz CT molecular complexity index is 1350. The summed E-state index contributed by atoms with van der Waals surface area (Å²) in [6.45, 7) is 8.69. The molecular weight excluding hydrogens is 528 g/mol. The van der Waals surface area contributed by atoms with Crippen LogP contribution in [0.4, 0.5) is 26.0 Å². The van der Waals surface area contributed by atoms with Crippen molar-refractivity contribution < 1.29 is 13.5 Å². The molecule has 1 aromatic carbocycles. The quantitative estimate of drug-likeness (QED) is 0.291. The van der Waals surface area contributed by atoms with Crippen LogP contribution in [0.25, 0.3) is 22.3 Å². The topological polar surface area (TPSA) is 63.2 Å². The third kappa shape index (κ3) is 5.63. The number of nitrogens with one attached hydrogen (secondary N) is 1. The SMILES string of the molecule is CCC.Cc1c(-c2ccccn2)nc2cc(F)cc(F)c2c1Nc1cc(Br)cnc1N1CCOCC1. The minimum Gasteiger partial charge on any atom is -0.378 e. The maximum Gasteiger partial charge on any atom is 0.152 e. The fraction of sp³-hybridized carbons (Fsp3) is 0.296. The molecule has 4 heterocycles. The molecule has 0 saturated carbocycles. The van der Waals surface area contributed by atoms with Gasteiger partial charge in [-0.2, -0.15) is 0 Å². The molecule has 0 amide bonds. The number of benzene rings is 1. The molecule has 6 nitrogen and oxygen atoms in total. The van der Waals surface area contributed by atoms with Gasteiger partial charge in [-0.25, -0.2) is 18.7 Å². The first-order valence-corrected chi connectivity index (χ1v) is 12.7. The number of anilines is 3. The Morgan fingerprint density at radius 2 is 1.83 bits per heavy atom. The number of morpholine rings is 1. The van der Waals surface area contributed by atoms with E-state index in [4.69, 9.17) is 4.74 Å². The van der Waals surface area contributed by atoms with E-state index in [1.54, 1.807) is 18.5 Å². The molecule has 0 spiro atoms. The van der Waals surface area contributed by atoms with Crippen molar-refractivity contribution in [2.75, 3.05) is 36.5 Å². The first-order valence-electron chi connectivity index (χ1n) is 11.9. The minimum absolute atomic E-state index is 0.206. The second-order valence-electron chi connectivity index (χ2n) is 8.41. The van der Waals surface area contributed by atoms with Gasteiger partial charge in [0.1, 0.15) is 11.6 Å². The van der Waals surface area contributed by atoms with E-state index >= 15 is 4.39 Å². The molecule has 0 unspecified atom stereocenters. The van der Waals surface area contributed by atoms with Crippen LogP contribution in [0.1, 0.15) is 25.8 Å². The van der Waals surface area contributed by atoms with Crippen molar-refractivity contribution in [3.8, 4) is 11.4 Å². The number of ether oxygens (including phenoxy) is 1. The molecule has 1 saturated heterocycles. The van der Waals surface area contributed by atoms with Crippen molar-refractivity contribution in [2.24, 2.45) is 0 Å². The standard InChI is InChI=1S/C24H20BrF2N5O.C3H8/c1-14-22(18-4-2-3-5-28-18)30-19-12-16(26)11-17(27)21(19)23(14)31-20-10-15(25)13-29-24(20)32-6-8-33-9-7-32;1-3-2/h2-5,10-13H,6-9H2,1H3,(H,30,31);3H2,1-2H3. The summed E-state index contributed by atoms with van der Waals surface area (Å²) in [7, 11) is 0. The molecule has 1 aliphatic heterocycles. The van der Waals surface area contributed by atoms with Crippen LogP contribution in [0.2, 0.25) is 0 Å². The Kier molecular flexibility index (Phi) is 8.43. The summed E-state index contributed by atoms with van der Waals surface area (Å²) in [6, 6.07) is 9.47. The number of hydrogen-bond acceptors (Lipinski definition) is 6. The van der Waals surface area contributed by atoms with E-state index in [9.17, 15) is 4.39 Å². The Hall–Kier alpha value is -3.17. The molecule has 4 aromatic rings. The van der Waals surface area contributed by atoms with E-state index in [1.807, 2.05) is 25.1 Å². The summed E-state index contributed by atoms with van der Waals surface area (Å²) in [5, 5.41) is 3.60. The van der Waals surface area contributed by atoms with Crippen LogP contribution in [-0.4, -0.2) is 41.3 Å².